The smallest absolute Gasteiger partial charge is 0.307 e. The predicted octanol–water partition coefficient (Wildman–Crippen LogP) is 4.53. The molecule has 0 aromatic heterocycles. The fourth-order valence-electron chi connectivity index (χ4n) is 1.62. The Balaban J connectivity index is 2.08. The van der Waals surface area contributed by atoms with Crippen LogP contribution in [0.15, 0.2) is 47.4 Å². The van der Waals surface area contributed by atoms with Crippen LogP contribution in [0.4, 0.5) is 16.2 Å². The molecule has 0 spiro atoms. The number of rotatable bonds is 2. The van der Waals surface area contributed by atoms with Gasteiger partial charge in [0.2, 0.25) is 0 Å². The lowest BCUT2D eigenvalue weighted by molar-refractivity contribution is 0.262. The van der Waals surface area contributed by atoms with E-state index in [-0.39, 0.29) is 6.03 Å². The average molecular weight is 384 g/mol. The highest BCUT2D eigenvalue weighted by Gasteiger charge is 2.06. The fraction of sp³-hybridized carbons (Fsp3) is 0.0714. The van der Waals surface area contributed by atoms with E-state index in [1.54, 1.807) is 0 Å². The van der Waals surface area contributed by atoms with Gasteiger partial charge in [0.05, 0.1) is 5.69 Å². The third-order valence-electron chi connectivity index (χ3n) is 2.59. The molecule has 98 valence electrons. The van der Waals surface area contributed by atoms with E-state index < -0.39 is 0 Å². The zero-order valence-corrected chi connectivity index (χ0v) is 13.3. The van der Waals surface area contributed by atoms with E-state index >= 15 is 0 Å². The maximum Gasteiger partial charge on any atom is 0.323 e. The van der Waals surface area contributed by atoms with Gasteiger partial charge in [0.15, 0.2) is 0 Å². The van der Waals surface area contributed by atoms with Crippen LogP contribution < -0.4 is 10.6 Å². The Kier molecular flexibility index (Phi) is 4.71. The molecule has 3 nitrogen and oxygen atoms in total. The van der Waals surface area contributed by atoms with Gasteiger partial charge in [-0.1, -0.05) is 12.1 Å². The zero-order chi connectivity index (χ0) is 13.8. The van der Waals surface area contributed by atoms with Gasteiger partial charge in [0.25, 0.3) is 0 Å². The van der Waals surface area contributed by atoms with Gasteiger partial charge in [-0.05, 0) is 65.4 Å². The summed E-state index contributed by atoms with van der Waals surface area (Å²) in [4.78, 5) is 12.6. The summed E-state index contributed by atoms with van der Waals surface area (Å²) in [6, 6.07) is 12.9. The normalized spacial score (nSPS) is 10.1. The van der Waals surface area contributed by atoms with Gasteiger partial charge in [-0.25, -0.2) is 4.79 Å². The molecule has 2 aromatic carbocycles. The second kappa shape index (κ2) is 6.29. The van der Waals surface area contributed by atoms with Crippen LogP contribution >= 0.6 is 35.2 Å². The quantitative estimate of drug-likeness (QED) is 0.517. The molecule has 0 fully saturated rings. The molecule has 0 atom stereocenters. The number of aryl methyl sites for hydroxylation is 1. The van der Waals surface area contributed by atoms with Gasteiger partial charge >= 0.3 is 6.03 Å². The molecule has 2 rings (SSSR count). The summed E-state index contributed by atoms with van der Waals surface area (Å²) in [5.41, 5.74) is 2.52. The minimum absolute atomic E-state index is 0.272. The number of halogens is 1. The number of anilines is 2. The maximum absolute atomic E-state index is 11.9. The molecule has 0 aliphatic heterocycles. The SMILES string of the molecule is Cc1cc(I)ccc1NC(=O)Nc1ccccc1S. The number of hydrogen-bond acceptors (Lipinski definition) is 2. The number of urea groups is 1. The summed E-state index contributed by atoms with van der Waals surface area (Å²) >= 11 is 6.53. The van der Waals surface area contributed by atoms with Gasteiger partial charge < -0.3 is 10.6 Å². The average Bonchev–Trinajstić information content (AvgIpc) is 2.36. The first kappa shape index (κ1) is 14.2. The highest BCUT2D eigenvalue weighted by atomic mass is 127. The Bertz CT molecular complexity index is 616. The van der Waals surface area contributed by atoms with E-state index in [4.69, 9.17) is 0 Å². The number of amides is 2. The van der Waals surface area contributed by atoms with Crippen molar-refractivity contribution in [2.75, 3.05) is 10.6 Å². The van der Waals surface area contributed by atoms with Crippen LogP contribution in [0, 0.1) is 10.5 Å². The lowest BCUT2D eigenvalue weighted by Crippen LogP contribution is -2.20. The van der Waals surface area contributed by atoms with Crippen LogP contribution in [0.3, 0.4) is 0 Å². The lowest BCUT2D eigenvalue weighted by Gasteiger charge is -2.11. The summed E-state index contributed by atoms with van der Waals surface area (Å²) in [5, 5.41) is 5.60. The molecule has 2 aromatic rings. The van der Waals surface area contributed by atoms with Crippen LogP contribution in [0.1, 0.15) is 5.56 Å². The molecule has 19 heavy (non-hydrogen) atoms. The van der Waals surface area contributed by atoms with Crippen molar-refractivity contribution in [2.24, 2.45) is 0 Å². The maximum atomic E-state index is 11.9. The van der Waals surface area contributed by atoms with Gasteiger partial charge in [0.1, 0.15) is 0 Å². The summed E-state index contributed by atoms with van der Waals surface area (Å²) in [6.07, 6.45) is 0. The van der Waals surface area contributed by atoms with E-state index in [2.05, 4.69) is 45.9 Å². The van der Waals surface area contributed by atoms with Gasteiger partial charge in [-0.15, -0.1) is 12.6 Å². The summed E-state index contributed by atoms with van der Waals surface area (Å²) in [6.45, 7) is 1.96. The van der Waals surface area contributed by atoms with Crippen molar-refractivity contribution in [3.8, 4) is 0 Å². The molecule has 0 unspecified atom stereocenters. The second-order valence-corrected chi connectivity index (χ2v) is 5.78. The number of para-hydroxylation sites is 1. The first-order valence-electron chi connectivity index (χ1n) is 5.68. The Labute approximate surface area is 131 Å². The Hall–Kier alpha value is -1.21. The third-order valence-corrected chi connectivity index (χ3v) is 3.65. The Morgan fingerprint density at radius 2 is 1.79 bits per heavy atom. The second-order valence-electron chi connectivity index (χ2n) is 4.06. The Morgan fingerprint density at radius 3 is 2.47 bits per heavy atom. The molecule has 0 saturated heterocycles. The van der Waals surface area contributed by atoms with E-state index in [1.807, 2.05) is 49.4 Å². The molecular weight excluding hydrogens is 371 g/mol. The molecule has 5 heteroatoms. The van der Waals surface area contributed by atoms with Crippen molar-refractivity contribution in [1.82, 2.24) is 0 Å². The van der Waals surface area contributed by atoms with E-state index in [1.165, 1.54) is 0 Å². The largest absolute Gasteiger partial charge is 0.323 e. The molecule has 0 heterocycles. The van der Waals surface area contributed by atoms with Crippen LogP contribution in [-0.4, -0.2) is 6.03 Å². The van der Waals surface area contributed by atoms with E-state index in [0.717, 1.165) is 19.7 Å². The number of benzene rings is 2. The van der Waals surface area contributed by atoms with Crippen molar-refractivity contribution in [1.29, 1.82) is 0 Å². The molecule has 2 N–H and O–H groups in total. The highest BCUT2D eigenvalue weighted by Crippen LogP contribution is 2.20. The van der Waals surface area contributed by atoms with Crippen molar-refractivity contribution in [3.63, 3.8) is 0 Å². The minimum atomic E-state index is -0.272. The minimum Gasteiger partial charge on any atom is -0.307 e. The molecule has 0 aliphatic carbocycles. The number of carbonyl (C=O) groups is 1. The topological polar surface area (TPSA) is 41.1 Å². The van der Waals surface area contributed by atoms with Gasteiger partial charge in [0, 0.05) is 14.2 Å². The molecule has 0 aliphatic rings. The highest BCUT2D eigenvalue weighted by molar-refractivity contribution is 14.1. The number of thiol groups is 1. The Morgan fingerprint density at radius 1 is 1.11 bits per heavy atom. The van der Waals surface area contributed by atoms with Crippen molar-refractivity contribution >= 4 is 52.6 Å². The first-order chi connectivity index (χ1) is 9.06. The fourth-order valence-corrected chi connectivity index (χ4v) is 2.49. The van der Waals surface area contributed by atoms with Crippen molar-refractivity contribution in [2.45, 2.75) is 11.8 Å². The van der Waals surface area contributed by atoms with E-state index in [0.29, 0.717) is 5.69 Å². The molecule has 0 radical (unpaired) electrons. The monoisotopic (exact) mass is 384 g/mol. The van der Waals surface area contributed by atoms with Crippen molar-refractivity contribution < 1.29 is 4.79 Å². The van der Waals surface area contributed by atoms with Crippen LogP contribution in [0.2, 0.25) is 0 Å². The van der Waals surface area contributed by atoms with Crippen LogP contribution in [-0.2, 0) is 0 Å². The molecule has 0 saturated carbocycles. The van der Waals surface area contributed by atoms with Gasteiger partial charge in [-0.3, -0.25) is 0 Å². The summed E-state index contributed by atoms with van der Waals surface area (Å²) < 4.78 is 1.14. The number of hydrogen-bond donors (Lipinski definition) is 3. The molecule has 2 amide bonds. The van der Waals surface area contributed by atoms with Crippen molar-refractivity contribution in [3.05, 3.63) is 51.6 Å². The van der Waals surface area contributed by atoms with E-state index in [9.17, 15) is 4.79 Å². The standard InChI is InChI=1S/C14H13IN2OS/c1-9-8-10(15)6-7-11(9)16-14(18)17-12-4-2-3-5-13(12)19/h2-8,19H,1H3,(H2,16,17,18). The zero-order valence-electron chi connectivity index (χ0n) is 10.3. The van der Waals surface area contributed by atoms with Crippen LogP contribution in [0.25, 0.3) is 0 Å². The summed E-state index contributed by atoms with van der Waals surface area (Å²) in [5.74, 6) is 0. The predicted molar refractivity (Wildman–Crippen MR) is 90.2 cm³/mol. The number of carbonyl (C=O) groups excluding carboxylic acids is 1. The molecular formula is C14H13IN2OS. The van der Waals surface area contributed by atoms with Gasteiger partial charge in [-0.2, -0.15) is 0 Å². The van der Waals surface area contributed by atoms with Crippen LogP contribution in [0.5, 0.6) is 0 Å². The number of nitrogens with one attached hydrogen (secondary N) is 2. The summed E-state index contributed by atoms with van der Waals surface area (Å²) in [7, 11) is 0. The lowest BCUT2D eigenvalue weighted by atomic mass is 10.2. The third kappa shape index (κ3) is 3.87. The molecule has 0 bridgehead atoms. The first-order valence-corrected chi connectivity index (χ1v) is 7.21.